The number of nitrogens with zero attached hydrogens (tertiary/aromatic N) is 3. The molecule has 0 radical (unpaired) electrons. The summed E-state index contributed by atoms with van der Waals surface area (Å²) < 4.78 is 5.23. The fourth-order valence-corrected chi connectivity index (χ4v) is 4.57. The Hall–Kier alpha value is -4.43. The molecule has 0 aromatic heterocycles. The predicted octanol–water partition coefficient (Wildman–Crippen LogP) is -1.33. The minimum Gasteiger partial charge on any atom is -0.464 e. The summed E-state index contributed by atoms with van der Waals surface area (Å²) >= 11 is 0. The molecule has 50 heavy (non-hydrogen) atoms. The number of piperazine rings is 1. The van der Waals surface area contributed by atoms with Crippen molar-refractivity contribution in [2.24, 2.45) is 0 Å². The molecule has 19 nitrogen and oxygen atoms in total. The van der Waals surface area contributed by atoms with E-state index in [1.165, 1.54) is 20.8 Å². The highest BCUT2D eigenvalue weighted by Crippen LogP contribution is 2.11. The maximum absolute atomic E-state index is 12.6. The van der Waals surface area contributed by atoms with Crippen LogP contribution in [0.1, 0.15) is 72.6 Å². The second-order valence-electron chi connectivity index (χ2n) is 11.9. The number of rotatable bonds is 21. The molecule has 282 valence electrons. The summed E-state index contributed by atoms with van der Waals surface area (Å²) in [6, 6.07) is -2.78. The Morgan fingerprint density at radius 3 is 1.82 bits per heavy atom. The Morgan fingerprint density at radius 1 is 0.820 bits per heavy atom. The minimum atomic E-state index is -1.26. The molecular weight excluding hydrogens is 664 g/mol. The van der Waals surface area contributed by atoms with Crippen molar-refractivity contribution in [3.8, 4) is 0 Å². The van der Waals surface area contributed by atoms with Crippen molar-refractivity contribution in [2.75, 3.05) is 32.8 Å². The molecule has 6 amide bonds. The molecule has 1 aliphatic heterocycles. The van der Waals surface area contributed by atoms with E-state index >= 15 is 0 Å². The van der Waals surface area contributed by atoms with E-state index in [9.17, 15) is 54.3 Å². The fourth-order valence-electron chi connectivity index (χ4n) is 4.57. The van der Waals surface area contributed by atoms with Crippen LogP contribution >= 0.6 is 0 Å². The molecule has 19 heteroatoms. The van der Waals surface area contributed by atoms with Crippen LogP contribution in [0.15, 0.2) is 23.3 Å². The van der Waals surface area contributed by atoms with Crippen LogP contribution in [0.25, 0.3) is 0 Å². The zero-order valence-electron chi connectivity index (χ0n) is 28.8. The topological polar surface area (TPSA) is 276 Å². The van der Waals surface area contributed by atoms with Crippen LogP contribution in [0.2, 0.25) is 0 Å². The van der Waals surface area contributed by atoms with Gasteiger partial charge in [-0.1, -0.05) is 5.57 Å². The van der Waals surface area contributed by atoms with E-state index in [0.29, 0.717) is 20.8 Å². The molecule has 1 saturated heterocycles. The summed E-state index contributed by atoms with van der Waals surface area (Å²) in [5.74, 6) is -4.30. The van der Waals surface area contributed by atoms with Crippen LogP contribution in [-0.2, 0) is 38.3 Å². The van der Waals surface area contributed by atoms with Gasteiger partial charge in [0.2, 0.25) is 23.6 Å². The molecule has 0 saturated carbocycles. The number of aliphatic hydroxyl groups is 2. The number of carbonyl (C=O) groups excluding carboxylic acids is 7. The van der Waals surface area contributed by atoms with Gasteiger partial charge in [0.05, 0.1) is 19.3 Å². The molecule has 1 fully saturated rings. The number of nitrogens with one attached hydrogen (secondary N) is 3. The number of aliphatic hydroxyl groups excluding tert-OH is 2. The summed E-state index contributed by atoms with van der Waals surface area (Å²) in [6.45, 7) is 4.26. The Bertz CT molecular complexity index is 1270. The molecule has 0 aliphatic carbocycles. The second kappa shape index (κ2) is 22.3. The lowest BCUT2D eigenvalue weighted by Gasteiger charge is -2.30. The van der Waals surface area contributed by atoms with Crippen LogP contribution in [0.4, 0.5) is 0 Å². The zero-order valence-corrected chi connectivity index (χ0v) is 28.8. The van der Waals surface area contributed by atoms with Gasteiger partial charge in [-0.3, -0.25) is 44.4 Å². The zero-order chi connectivity index (χ0) is 38.0. The lowest BCUT2D eigenvalue weighted by Crippen LogP contribution is -2.61. The molecule has 0 spiro atoms. The SMILES string of the molecule is CC(=O)NC(CCCN(O)C(=O)C=C(C)C(O)CO)C(=O)OCCC(C)=CC(=O)N(O)CCCC1NC(=O)C(CCCN(O)C(C)=O)NC1=O. The highest BCUT2D eigenvalue weighted by molar-refractivity contribution is 5.96. The van der Waals surface area contributed by atoms with Gasteiger partial charge in [0.25, 0.3) is 11.8 Å². The van der Waals surface area contributed by atoms with Crippen molar-refractivity contribution in [2.45, 2.75) is 96.9 Å². The quantitative estimate of drug-likeness (QED) is 0.0297. The van der Waals surface area contributed by atoms with E-state index in [1.54, 1.807) is 6.92 Å². The van der Waals surface area contributed by atoms with E-state index in [0.717, 1.165) is 12.2 Å². The lowest BCUT2D eigenvalue weighted by atomic mass is 10.0. The standard InChI is InChI=1S/C31H50N6O13/c1-19(11-15-50-31(46)25(32-21(3)39)10-7-14-37(49)28(43)17-20(2)26(41)18-38)16-27(42)36(48)13-6-9-24-30(45)33-23(29(44)34-24)8-5-12-35(47)22(4)40/h16-17,23-26,38,41,47-49H,5-15,18H2,1-4H3,(H,32,39)(H,33,45)(H,34,44). The van der Waals surface area contributed by atoms with E-state index < -0.39 is 72.2 Å². The van der Waals surface area contributed by atoms with E-state index in [-0.39, 0.29) is 76.8 Å². The van der Waals surface area contributed by atoms with Crippen LogP contribution in [0.5, 0.6) is 0 Å². The Balaban J connectivity index is 2.48. The minimum absolute atomic E-state index is 0.00816. The lowest BCUT2D eigenvalue weighted by molar-refractivity contribution is -0.163. The van der Waals surface area contributed by atoms with Crippen LogP contribution < -0.4 is 16.0 Å². The smallest absolute Gasteiger partial charge is 0.328 e. The molecule has 8 N–H and O–H groups in total. The van der Waals surface area contributed by atoms with Crippen molar-refractivity contribution in [3.05, 3.63) is 23.3 Å². The van der Waals surface area contributed by atoms with E-state index in [4.69, 9.17) is 9.84 Å². The molecular formula is C31H50N6O13. The number of esters is 1. The Labute approximate surface area is 289 Å². The first-order valence-electron chi connectivity index (χ1n) is 16.1. The van der Waals surface area contributed by atoms with Crippen LogP contribution in [-0.4, -0.2) is 140 Å². The average Bonchev–Trinajstić information content (AvgIpc) is 3.04. The van der Waals surface area contributed by atoms with Crippen molar-refractivity contribution in [1.29, 1.82) is 0 Å². The fraction of sp³-hybridized carbons (Fsp3) is 0.645. The average molecular weight is 715 g/mol. The predicted molar refractivity (Wildman–Crippen MR) is 172 cm³/mol. The van der Waals surface area contributed by atoms with Gasteiger partial charge in [-0.15, -0.1) is 0 Å². The van der Waals surface area contributed by atoms with Gasteiger partial charge in [-0.2, -0.15) is 0 Å². The van der Waals surface area contributed by atoms with Gasteiger partial charge in [0, 0.05) is 52.1 Å². The molecule has 1 aliphatic rings. The van der Waals surface area contributed by atoms with Gasteiger partial charge >= 0.3 is 5.97 Å². The molecule has 1 rings (SSSR count). The maximum Gasteiger partial charge on any atom is 0.328 e. The molecule has 4 atom stereocenters. The van der Waals surface area contributed by atoms with Gasteiger partial charge in [0.1, 0.15) is 18.1 Å². The van der Waals surface area contributed by atoms with Gasteiger partial charge in [-0.05, 0) is 57.9 Å². The highest BCUT2D eigenvalue weighted by Gasteiger charge is 2.33. The molecule has 0 bridgehead atoms. The maximum atomic E-state index is 12.6. The largest absolute Gasteiger partial charge is 0.464 e. The summed E-state index contributed by atoms with van der Waals surface area (Å²) in [7, 11) is 0. The summed E-state index contributed by atoms with van der Waals surface area (Å²) in [4.78, 5) is 84.5. The van der Waals surface area contributed by atoms with Gasteiger partial charge < -0.3 is 30.9 Å². The van der Waals surface area contributed by atoms with Gasteiger partial charge in [-0.25, -0.2) is 20.0 Å². The molecule has 1 heterocycles. The third kappa shape index (κ3) is 16.3. The number of amides is 6. The number of hydrogen-bond acceptors (Lipinski definition) is 13. The van der Waals surface area contributed by atoms with E-state index in [1.807, 2.05) is 0 Å². The highest BCUT2D eigenvalue weighted by atomic mass is 16.5. The number of hydrogen-bond donors (Lipinski definition) is 8. The first-order valence-corrected chi connectivity index (χ1v) is 16.1. The first-order chi connectivity index (χ1) is 23.5. The van der Waals surface area contributed by atoms with Crippen LogP contribution in [0, 0.1) is 0 Å². The third-order valence-corrected chi connectivity index (χ3v) is 7.55. The Morgan fingerprint density at radius 2 is 1.32 bits per heavy atom. The van der Waals surface area contributed by atoms with Crippen molar-refractivity contribution >= 4 is 41.4 Å². The number of carbonyl (C=O) groups is 7. The molecule has 0 aromatic rings. The Kier molecular flexibility index (Phi) is 19.5. The van der Waals surface area contributed by atoms with Crippen LogP contribution in [0.3, 0.4) is 0 Å². The van der Waals surface area contributed by atoms with Crippen molar-refractivity contribution in [3.63, 3.8) is 0 Å². The van der Waals surface area contributed by atoms with Gasteiger partial charge in [0.15, 0.2) is 0 Å². The normalized spacial score (nSPS) is 17.5. The molecule has 0 aromatic carbocycles. The van der Waals surface area contributed by atoms with E-state index in [2.05, 4.69) is 16.0 Å². The second-order valence-corrected chi connectivity index (χ2v) is 11.9. The number of hydroxylamine groups is 6. The summed E-state index contributed by atoms with van der Waals surface area (Å²) in [5, 5.41) is 56.9. The molecule has 4 unspecified atom stereocenters. The van der Waals surface area contributed by atoms with Crippen molar-refractivity contribution < 1.29 is 64.1 Å². The third-order valence-electron chi connectivity index (χ3n) is 7.55. The summed E-state index contributed by atoms with van der Waals surface area (Å²) in [6.07, 6.45) is 1.85. The monoisotopic (exact) mass is 714 g/mol. The number of ether oxygens (including phenoxy) is 1. The summed E-state index contributed by atoms with van der Waals surface area (Å²) in [5.41, 5.74) is 0.600. The first kappa shape index (κ1) is 43.6. The van der Waals surface area contributed by atoms with Crippen molar-refractivity contribution in [1.82, 2.24) is 31.1 Å².